The van der Waals surface area contributed by atoms with Crippen LogP contribution in [0.2, 0.25) is 5.15 Å². The summed E-state index contributed by atoms with van der Waals surface area (Å²) < 4.78 is 1.61. The van der Waals surface area contributed by atoms with Gasteiger partial charge in [-0.3, -0.25) is 4.68 Å². The number of rotatable bonds is 6. The number of aromatic nitrogens is 2. The molecule has 1 heterocycles. The topological polar surface area (TPSA) is 55.1 Å². The van der Waals surface area contributed by atoms with Crippen molar-refractivity contribution in [2.24, 2.45) is 11.8 Å². The molecule has 4 nitrogen and oxygen atoms in total. The third kappa shape index (κ3) is 3.73. The monoisotopic (exact) mass is 272 g/mol. The molecule has 5 heteroatoms. The second-order valence-electron chi connectivity index (χ2n) is 5.42. The molecule has 0 radical (unpaired) electrons. The molecule has 0 fully saturated rings. The largest absolute Gasteiger partial charge is 0.478 e. The zero-order valence-electron chi connectivity index (χ0n) is 11.4. The molecule has 0 spiro atoms. The number of carboxylic acids is 1. The van der Waals surface area contributed by atoms with E-state index in [1.807, 2.05) is 13.8 Å². The van der Waals surface area contributed by atoms with Crippen molar-refractivity contribution < 1.29 is 9.90 Å². The summed E-state index contributed by atoms with van der Waals surface area (Å²) in [4.78, 5) is 11.2. The van der Waals surface area contributed by atoms with E-state index in [0.717, 1.165) is 6.42 Å². The standard InChI is InChI=1S/C13H21ClN2O2/c1-8(2)5-6-16-12(14)11(13(17)18)10(15-16)7-9(3)4/h8-9H,5-7H2,1-4H3,(H,17,18). The number of carboxylic acid groups (broad SMARTS) is 1. The summed E-state index contributed by atoms with van der Waals surface area (Å²) in [6.45, 7) is 8.96. The van der Waals surface area contributed by atoms with Crippen LogP contribution < -0.4 is 0 Å². The highest BCUT2D eigenvalue weighted by atomic mass is 35.5. The molecular weight excluding hydrogens is 252 g/mol. The van der Waals surface area contributed by atoms with Crippen LogP contribution in [0.4, 0.5) is 0 Å². The fourth-order valence-electron chi connectivity index (χ4n) is 1.76. The maximum absolute atomic E-state index is 11.2. The average molecular weight is 273 g/mol. The second kappa shape index (κ2) is 6.23. The van der Waals surface area contributed by atoms with E-state index in [-0.39, 0.29) is 10.7 Å². The lowest BCUT2D eigenvalue weighted by atomic mass is 10.1. The molecule has 1 N–H and O–H groups in total. The highest BCUT2D eigenvalue weighted by Crippen LogP contribution is 2.23. The van der Waals surface area contributed by atoms with Crippen LogP contribution in [-0.2, 0) is 13.0 Å². The number of hydrogen-bond acceptors (Lipinski definition) is 2. The molecule has 1 aromatic heterocycles. The van der Waals surface area contributed by atoms with Crippen molar-refractivity contribution in [3.05, 3.63) is 16.4 Å². The van der Waals surface area contributed by atoms with E-state index in [1.54, 1.807) is 4.68 Å². The van der Waals surface area contributed by atoms with E-state index in [4.69, 9.17) is 11.6 Å². The summed E-state index contributed by atoms with van der Waals surface area (Å²) in [5.74, 6) is -0.105. The smallest absolute Gasteiger partial charge is 0.340 e. The molecule has 0 saturated heterocycles. The lowest BCUT2D eigenvalue weighted by molar-refractivity contribution is 0.0695. The number of carbonyl (C=O) groups is 1. The zero-order chi connectivity index (χ0) is 13.9. The fraction of sp³-hybridized carbons (Fsp3) is 0.692. The highest BCUT2D eigenvalue weighted by Gasteiger charge is 2.22. The number of aromatic carboxylic acids is 1. The number of nitrogens with zero attached hydrogens (tertiary/aromatic N) is 2. The van der Waals surface area contributed by atoms with Gasteiger partial charge in [-0.15, -0.1) is 0 Å². The summed E-state index contributed by atoms with van der Waals surface area (Å²) in [6.07, 6.45) is 1.57. The predicted octanol–water partition coefficient (Wildman–Crippen LogP) is 3.48. The fourth-order valence-corrected chi connectivity index (χ4v) is 2.07. The van der Waals surface area contributed by atoms with Gasteiger partial charge in [0.15, 0.2) is 0 Å². The van der Waals surface area contributed by atoms with Crippen LogP contribution >= 0.6 is 11.6 Å². The molecule has 0 bridgehead atoms. The van der Waals surface area contributed by atoms with Crippen LogP contribution in [0, 0.1) is 11.8 Å². The average Bonchev–Trinajstić information content (AvgIpc) is 2.51. The summed E-state index contributed by atoms with van der Waals surface area (Å²) in [7, 11) is 0. The number of halogens is 1. The molecular formula is C13H21ClN2O2. The van der Waals surface area contributed by atoms with Gasteiger partial charge in [0.2, 0.25) is 0 Å². The summed E-state index contributed by atoms with van der Waals surface area (Å²) in [5, 5.41) is 13.8. The quantitative estimate of drug-likeness (QED) is 0.863. The molecule has 0 aliphatic heterocycles. The molecule has 1 aromatic rings. The van der Waals surface area contributed by atoms with Crippen molar-refractivity contribution in [2.45, 2.75) is 47.1 Å². The van der Waals surface area contributed by atoms with Crippen LogP contribution in [0.25, 0.3) is 0 Å². The number of aryl methyl sites for hydroxylation is 1. The van der Waals surface area contributed by atoms with Gasteiger partial charge in [-0.25, -0.2) is 4.79 Å². The van der Waals surface area contributed by atoms with Gasteiger partial charge in [-0.2, -0.15) is 5.10 Å². The first-order chi connectivity index (χ1) is 8.32. The van der Waals surface area contributed by atoms with Gasteiger partial charge < -0.3 is 5.11 Å². The molecule has 1 rings (SSSR count). The van der Waals surface area contributed by atoms with Crippen LogP contribution in [0.5, 0.6) is 0 Å². The van der Waals surface area contributed by atoms with Gasteiger partial charge in [0.25, 0.3) is 0 Å². The van der Waals surface area contributed by atoms with Crippen molar-refractivity contribution >= 4 is 17.6 Å². The molecule has 0 atom stereocenters. The normalized spacial score (nSPS) is 11.5. The van der Waals surface area contributed by atoms with Crippen molar-refractivity contribution in [2.75, 3.05) is 0 Å². The van der Waals surface area contributed by atoms with Crippen molar-refractivity contribution in [3.63, 3.8) is 0 Å². The van der Waals surface area contributed by atoms with Crippen molar-refractivity contribution in [1.29, 1.82) is 0 Å². The molecule has 0 aromatic carbocycles. The van der Waals surface area contributed by atoms with Crippen LogP contribution in [0.15, 0.2) is 0 Å². The maximum atomic E-state index is 11.2. The van der Waals surface area contributed by atoms with E-state index < -0.39 is 5.97 Å². The van der Waals surface area contributed by atoms with Crippen LogP contribution in [0.3, 0.4) is 0 Å². The molecule has 0 amide bonds. The SMILES string of the molecule is CC(C)CCn1nc(CC(C)C)c(C(=O)O)c1Cl. The molecule has 18 heavy (non-hydrogen) atoms. The third-order valence-corrected chi connectivity index (χ3v) is 3.08. The highest BCUT2D eigenvalue weighted by molar-refractivity contribution is 6.32. The van der Waals surface area contributed by atoms with E-state index in [1.165, 1.54) is 0 Å². The van der Waals surface area contributed by atoms with Crippen molar-refractivity contribution in [3.8, 4) is 0 Å². The Morgan fingerprint density at radius 1 is 1.33 bits per heavy atom. The van der Waals surface area contributed by atoms with E-state index in [9.17, 15) is 9.90 Å². The Morgan fingerprint density at radius 3 is 2.39 bits per heavy atom. The molecule has 0 unspecified atom stereocenters. The van der Waals surface area contributed by atoms with E-state index >= 15 is 0 Å². The minimum absolute atomic E-state index is 0.161. The first kappa shape index (κ1) is 15.0. The first-order valence-electron chi connectivity index (χ1n) is 6.31. The first-order valence-corrected chi connectivity index (χ1v) is 6.69. The molecule has 0 aliphatic carbocycles. The van der Waals surface area contributed by atoms with E-state index in [2.05, 4.69) is 18.9 Å². The summed E-state index contributed by atoms with van der Waals surface area (Å²) >= 11 is 6.11. The van der Waals surface area contributed by atoms with Gasteiger partial charge in [-0.05, 0) is 24.7 Å². The Morgan fingerprint density at radius 2 is 1.94 bits per heavy atom. The zero-order valence-corrected chi connectivity index (χ0v) is 12.2. The van der Waals surface area contributed by atoms with Gasteiger partial charge >= 0.3 is 5.97 Å². The lowest BCUT2D eigenvalue weighted by Gasteiger charge is -2.05. The van der Waals surface area contributed by atoms with E-state index in [0.29, 0.717) is 30.5 Å². The minimum atomic E-state index is -0.994. The predicted molar refractivity (Wildman–Crippen MR) is 72.2 cm³/mol. The Kier molecular flexibility index (Phi) is 5.20. The van der Waals surface area contributed by atoms with Gasteiger partial charge in [0.05, 0.1) is 5.69 Å². The third-order valence-electron chi connectivity index (χ3n) is 2.70. The summed E-state index contributed by atoms with van der Waals surface area (Å²) in [5.41, 5.74) is 0.750. The Bertz CT molecular complexity index is 425. The minimum Gasteiger partial charge on any atom is -0.478 e. The van der Waals surface area contributed by atoms with Crippen LogP contribution in [0.1, 0.15) is 50.2 Å². The summed E-state index contributed by atoms with van der Waals surface area (Å²) in [6, 6.07) is 0. The molecule has 102 valence electrons. The van der Waals surface area contributed by atoms with Crippen molar-refractivity contribution in [1.82, 2.24) is 9.78 Å². The molecule has 0 saturated carbocycles. The Labute approximate surface area is 113 Å². The van der Waals surface area contributed by atoms with Crippen LogP contribution in [-0.4, -0.2) is 20.9 Å². The lowest BCUT2D eigenvalue weighted by Crippen LogP contribution is -2.04. The number of hydrogen-bond donors (Lipinski definition) is 1. The van der Waals surface area contributed by atoms with Gasteiger partial charge in [0, 0.05) is 6.54 Å². The maximum Gasteiger partial charge on any atom is 0.340 e. The second-order valence-corrected chi connectivity index (χ2v) is 5.78. The van der Waals surface area contributed by atoms with Gasteiger partial charge in [0.1, 0.15) is 10.7 Å². The molecule has 0 aliphatic rings. The Balaban J connectivity index is 3.03. The van der Waals surface area contributed by atoms with Gasteiger partial charge in [-0.1, -0.05) is 39.3 Å². The Hall–Kier alpha value is -1.03.